The number of likely N-dealkylation sites (tertiary alicyclic amines) is 1. The molecule has 4 nitrogen and oxygen atoms in total. The van der Waals surface area contributed by atoms with Crippen LogP contribution in [0.1, 0.15) is 26.7 Å². The number of carbonyl (C=O) groups excluding carboxylic acids is 1. The van der Waals surface area contributed by atoms with Gasteiger partial charge in [-0.15, -0.1) is 0 Å². The van der Waals surface area contributed by atoms with Crippen LogP contribution in [0.25, 0.3) is 0 Å². The number of nitrogens with zero attached hydrogens (tertiary/aromatic N) is 1. The van der Waals surface area contributed by atoms with Gasteiger partial charge in [-0.05, 0) is 39.2 Å². The van der Waals surface area contributed by atoms with Crippen molar-refractivity contribution in [1.29, 1.82) is 0 Å². The van der Waals surface area contributed by atoms with Gasteiger partial charge < -0.3 is 14.4 Å². The molecule has 0 aromatic heterocycles. The second kappa shape index (κ2) is 6.86. The first-order chi connectivity index (χ1) is 7.63. The van der Waals surface area contributed by atoms with Crippen LogP contribution < -0.4 is 0 Å². The zero-order chi connectivity index (χ0) is 12.0. The summed E-state index contributed by atoms with van der Waals surface area (Å²) in [7, 11) is 1.38. The maximum atomic E-state index is 10.9. The predicted octanol–water partition coefficient (Wildman–Crippen LogP) is 1.30. The van der Waals surface area contributed by atoms with Crippen LogP contribution in [0.2, 0.25) is 0 Å². The van der Waals surface area contributed by atoms with Crippen LogP contribution in [0.3, 0.4) is 0 Å². The van der Waals surface area contributed by atoms with E-state index in [2.05, 4.69) is 23.5 Å². The summed E-state index contributed by atoms with van der Waals surface area (Å²) in [6.07, 6.45) is 2.43. The number of piperidine rings is 1. The fraction of sp³-hybridized carbons (Fsp3) is 0.917. The molecule has 0 saturated carbocycles. The van der Waals surface area contributed by atoms with Gasteiger partial charge in [0.25, 0.3) is 0 Å². The lowest BCUT2D eigenvalue weighted by molar-refractivity contribution is -0.146. The number of ether oxygens (including phenoxy) is 2. The molecule has 94 valence electrons. The number of hydrogen-bond donors (Lipinski definition) is 0. The van der Waals surface area contributed by atoms with E-state index in [9.17, 15) is 4.79 Å². The van der Waals surface area contributed by atoms with Crippen LogP contribution in [-0.4, -0.2) is 50.3 Å². The highest BCUT2D eigenvalue weighted by Crippen LogP contribution is 2.18. The van der Waals surface area contributed by atoms with Gasteiger partial charge >= 0.3 is 5.97 Å². The Balaban J connectivity index is 2.19. The van der Waals surface area contributed by atoms with Gasteiger partial charge in [-0.25, -0.2) is 4.79 Å². The largest absolute Gasteiger partial charge is 0.467 e. The summed E-state index contributed by atoms with van der Waals surface area (Å²) < 4.78 is 9.88. The first kappa shape index (κ1) is 13.5. The van der Waals surface area contributed by atoms with Crippen LogP contribution in [0.5, 0.6) is 0 Å². The summed E-state index contributed by atoms with van der Waals surface area (Å²) in [4.78, 5) is 13.3. The molecule has 1 heterocycles. The molecule has 1 saturated heterocycles. The molecule has 0 aromatic rings. The minimum Gasteiger partial charge on any atom is -0.467 e. The normalized spacial score (nSPS) is 22.4. The maximum absolute atomic E-state index is 10.9. The monoisotopic (exact) mass is 229 g/mol. The molecule has 1 atom stereocenters. The van der Waals surface area contributed by atoms with E-state index in [1.165, 1.54) is 26.5 Å². The summed E-state index contributed by atoms with van der Waals surface area (Å²) in [5.41, 5.74) is 0. The van der Waals surface area contributed by atoms with E-state index in [-0.39, 0.29) is 12.6 Å². The minimum atomic E-state index is -0.295. The lowest BCUT2D eigenvalue weighted by Gasteiger charge is -2.35. The van der Waals surface area contributed by atoms with Crippen molar-refractivity contribution in [1.82, 2.24) is 4.90 Å². The van der Waals surface area contributed by atoms with Crippen molar-refractivity contribution in [2.45, 2.75) is 32.7 Å². The Labute approximate surface area is 97.9 Å². The van der Waals surface area contributed by atoms with Crippen molar-refractivity contribution in [2.75, 3.05) is 33.4 Å². The zero-order valence-corrected chi connectivity index (χ0v) is 10.6. The zero-order valence-electron chi connectivity index (χ0n) is 10.6. The first-order valence-electron chi connectivity index (χ1n) is 6.02. The fourth-order valence-corrected chi connectivity index (χ4v) is 2.07. The van der Waals surface area contributed by atoms with Crippen LogP contribution in [0.4, 0.5) is 0 Å². The highest BCUT2D eigenvalue weighted by atomic mass is 16.6. The lowest BCUT2D eigenvalue weighted by atomic mass is 9.98. The molecule has 0 spiro atoms. The maximum Gasteiger partial charge on any atom is 0.331 e. The molecule has 1 fully saturated rings. The van der Waals surface area contributed by atoms with E-state index >= 15 is 0 Å². The molecular formula is C12H23NO3. The molecule has 0 amide bonds. The van der Waals surface area contributed by atoms with Gasteiger partial charge in [0.15, 0.2) is 0 Å². The summed E-state index contributed by atoms with van der Waals surface area (Å²) in [6.45, 7) is 7.45. The van der Waals surface area contributed by atoms with Crippen molar-refractivity contribution >= 4 is 5.97 Å². The van der Waals surface area contributed by atoms with Gasteiger partial charge in [0.2, 0.25) is 0 Å². The first-order valence-corrected chi connectivity index (χ1v) is 6.02. The van der Waals surface area contributed by atoms with Crippen molar-refractivity contribution in [2.24, 2.45) is 5.92 Å². The number of carbonyl (C=O) groups is 1. The Bertz CT molecular complexity index is 218. The average Bonchev–Trinajstić information content (AvgIpc) is 2.29. The van der Waals surface area contributed by atoms with Gasteiger partial charge in [0.05, 0.1) is 13.7 Å². The molecule has 0 bridgehead atoms. The Morgan fingerprint density at radius 2 is 2.25 bits per heavy atom. The number of methoxy groups -OCH3 is 1. The summed E-state index contributed by atoms with van der Waals surface area (Å²) in [6, 6.07) is 0.600. The molecule has 0 aliphatic carbocycles. The SMILES string of the molecule is COC(=O)COC[C@H]1CCCN(C(C)C)C1. The van der Waals surface area contributed by atoms with Crippen molar-refractivity contribution in [3.05, 3.63) is 0 Å². The standard InChI is InChI=1S/C12H23NO3/c1-10(2)13-6-4-5-11(7-13)8-16-9-12(14)15-3/h10-11H,4-9H2,1-3H3/t11-/m0/s1. The molecule has 16 heavy (non-hydrogen) atoms. The van der Waals surface area contributed by atoms with Gasteiger partial charge in [-0.3, -0.25) is 0 Å². The topological polar surface area (TPSA) is 38.8 Å². The van der Waals surface area contributed by atoms with Crippen LogP contribution in [-0.2, 0) is 14.3 Å². The van der Waals surface area contributed by atoms with E-state index in [4.69, 9.17) is 4.74 Å². The Morgan fingerprint density at radius 3 is 2.88 bits per heavy atom. The van der Waals surface area contributed by atoms with Crippen LogP contribution in [0.15, 0.2) is 0 Å². The number of esters is 1. The summed E-state index contributed by atoms with van der Waals surface area (Å²) in [5.74, 6) is 0.261. The molecular weight excluding hydrogens is 206 g/mol. The quantitative estimate of drug-likeness (QED) is 0.666. The van der Waals surface area contributed by atoms with Gasteiger partial charge in [0, 0.05) is 12.6 Å². The average molecular weight is 229 g/mol. The van der Waals surface area contributed by atoms with Gasteiger partial charge in [0.1, 0.15) is 6.61 Å². The Hall–Kier alpha value is -0.610. The molecule has 1 rings (SSSR count). The second-order valence-corrected chi connectivity index (χ2v) is 4.69. The smallest absolute Gasteiger partial charge is 0.331 e. The number of hydrogen-bond acceptors (Lipinski definition) is 4. The van der Waals surface area contributed by atoms with Crippen molar-refractivity contribution < 1.29 is 14.3 Å². The molecule has 0 unspecified atom stereocenters. The fourth-order valence-electron chi connectivity index (χ4n) is 2.07. The van der Waals surface area contributed by atoms with Crippen molar-refractivity contribution in [3.8, 4) is 0 Å². The summed E-state index contributed by atoms with van der Waals surface area (Å²) >= 11 is 0. The Morgan fingerprint density at radius 1 is 1.50 bits per heavy atom. The van der Waals surface area contributed by atoms with Gasteiger partial charge in [-0.2, -0.15) is 0 Å². The van der Waals surface area contributed by atoms with Crippen molar-refractivity contribution in [3.63, 3.8) is 0 Å². The van der Waals surface area contributed by atoms with E-state index in [1.807, 2.05) is 0 Å². The molecule has 0 radical (unpaired) electrons. The van der Waals surface area contributed by atoms with E-state index < -0.39 is 0 Å². The molecule has 0 N–H and O–H groups in total. The predicted molar refractivity (Wildman–Crippen MR) is 62.3 cm³/mol. The van der Waals surface area contributed by atoms with Crippen LogP contribution >= 0.6 is 0 Å². The lowest BCUT2D eigenvalue weighted by Crippen LogP contribution is -2.41. The van der Waals surface area contributed by atoms with Gasteiger partial charge in [-0.1, -0.05) is 0 Å². The summed E-state index contributed by atoms with van der Waals surface area (Å²) in [5, 5.41) is 0. The third kappa shape index (κ3) is 4.49. The van der Waals surface area contributed by atoms with E-state index in [0.717, 1.165) is 6.54 Å². The van der Waals surface area contributed by atoms with E-state index in [0.29, 0.717) is 18.6 Å². The molecule has 0 aromatic carbocycles. The highest BCUT2D eigenvalue weighted by molar-refractivity contribution is 5.70. The number of rotatable bonds is 5. The highest BCUT2D eigenvalue weighted by Gasteiger charge is 2.21. The molecule has 1 aliphatic heterocycles. The Kier molecular flexibility index (Phi) is 5.77. The third-order valence-electron chi connectivity index (χ3n) is 3.08. The van der Waals surface area contributed by atoms with E-state index in [1.54, 1.807) is 0 Å². The molecule has 1 aliphatic rings. The third-order valence-corrected chi connectivity index (χ3v) is 3.08. The second-order valence-electron chi connectivity index (χ2n) is 4.69. The minimum absolute atomic E-state index is 0.0781. The molecule has 4 heteroatoms. The van der Waals surface area contributed by atoms with Crippen LogP contribution in [0, 0.1) is 5.92 Å².